The van der Waals surface area contributed by atoms with Crippen molar-refractivity contribution in [3.05, 3.63) is 95.4 Å². The number of hydrogen-bond acceptors (Lipinski definition) is 6. The lowest BCUT2D eigenvalue weighted by Crippen LogP contribution is -2.17. The molecule has 1 aromatic heterocycles. The summed E-state index contributed by atoms with van der Waals surface area (Å²) in [6, 6.07) is 24.4. The number of para-hydroxylation sites is 1. The van der Waals surface area contributed by atoms with E-state index >= 15 is 0 Å². The molecule has 0 spiro atoms. The zero-order valence-electron chi connectivity index (χ0n) is 17.6. The first-order valence-electron chi connectivity index (χ1n) is 10.1. The summed E-state index contributed by atoms with van der Waals surface area (Å²) in [4.78, 5) is 17.0. The first kappa shape index (κ1) is 21.8. The molecule has 162 valence electrons. The van der Waals surface area contributed by atoms with Gasteiger partial charge in [-0.1, -0.05) is 36.3 Å². The molecular formula is C26H20N4O2S. The number of amides is 1. The highest BCUT2D eigenvalue weighted by Gasteiger charge is 2.08. The molecule has 33 heavy (non-hydrogen) atoms. The minimum atomic E-state index is -0.295. The molecule has 7 heteroatoms. The molecule has 0 saturated carbocycles. The first-order chi connectivity index (χ1) is 16.2. The van der Waals surface area contributed by atoms with Gasteiger partial charge in [-0.15, -0.1) is 17.8 Å². The number of terminal acetylenes is 1. The fraction of sp³-hybridized carbons (Fsp3) is 0.0385. The SMILES string of the molecule is C#CCOc1ccc(/C=N\NC(=O)c2ccc(-c3csc(Nc4ccccc4)n3)cc2)cc1. The third-order valence-electron chi connectivity index (χ3n) is 4.55. The summed E-state index contributed by atoms with van der Waals surface area (Å²) in [6.07, 6.45) is 6.73. The van der Waals surface area contributed by atoms with Crippen LogP contribution in [0.1, 0.15) is 15.9 Å². The second-order valence-corrected chi connectivity index (χ2v) is 7.73. The summed E-state index contributed by atoms with van der Waals surface area (Å²) in [5.74, 6) is 2.80. The van der Waals surface area contributed by atoms with Crippen LogP contribution in [0.5, 0.6) is 5.75 Å². The summed E-state index contributed by atoms with van der Waals surface area (Å²) in [5.41, 5.74) is 6.62. The molecule has 0 saturated heterocycles. The average molecular weight is 453 g/mol. The lowest BCUT2D eigenvalue weighted by molar-refractivity contribution is 0.0955. The van der Waals surface area contributed by atoms with Crippen molar-refractivity contribution in [3.63, 3.8) is 0 Å². The number of anilines is 2. The second-order valence-electron chi connectivity index (χ2n) is 6.87. The Bertz CT molecular complexity index is 1270. The van der Waals surface area contributed by atoms with E-state index in [-0.39, 0.29) is 12.5 Å². The van der Waals surface area contributed by atoms with Crippen molar-refractivity contribution >= 4 is 34.3 Å². The minimum absolute atomic E-state index is 0.219. The van der Waals surface area contributed by atoms with Crippen molar-refractivity contribution in [2.75, 3.05) is 11.9 Å². The van der Waals surface area contributed by atoms with Crippen molar-refractivity contribution in [2.24, 2.45) is 5.10 Å². The molecule has 1 amide bonds. The summed E-state index contributed by atoms with van der Waals surface area (Å²) < 4.78 is 5.32. The highest BCUT2D eigenvalue weighted by molar-refractivity contribution is 7.14. The highest BCUT2D eigenvalue weighted by atomic mass is 32.1. The quantitative estimate of drug-likeness (QED) is 0.215. The number of thiazole rings is 1. The highest BCUT2D eigenvalue weighted by Crippen LogP contribution is 2.27. The molecule has 3 aromatic carbocycles. The third-order valence-corrected chi connectivity index (χ3v) is 5.31. The van der Waals surface area contributed by atoms with Crippen LogP contribution < -0.4 is 15.5 Å². The normalized spacial score (nSPS) is 10.5. The lowest BCUT2D eigenvalue weighted by Gasteiger charge is -2.03. The molecule has 6 nitrogen and oxygen atoms in total. The smallest absolute Gasteiger partial charge is 0.271 e. The minimum Gasteiger partial charge on any atom is -0.481 e. The van der Waals surface area contributed by atoms with Crippen LogP contribution in [-0.2, 0) is 0 Å². The predicted octanol–water partition coefficient (Wildman–Crippen LogP) is 5.33. The van der Waals surface area contributed by atoms with Gasteiger partial charge in [0.05, 0.1) is 11.9 Å². The van der Waals surface area contributed by atoms with Gasteiger partial charge in [-0.2, -0.15) is 5.10 Å². The van der Waals surface area contributed by atoms with E-state index in [0.717, 1.165) is 27.6 Å². The van der Waals surface area contributed by atoms with Crippen LogP contribution in [0.2, 0.25) is 0 Å². The van der Waals surface area contributed by atoms with Gasteiger partial charge in [-0.25, -0.2) is 10.4 Å². The third kappa shape index (κ3) is 6.06. The Hall–Kier alpha value is -4.41. The number of ether oxygens (including phenoxy) is 1. The number of carbonyl (C=O) groups is 1. The molecule has 1 heterocycles. The van der Waals surface area contributed by atoms with Crippen molar-refractivity contribution in [2.45, 2.75) is 0 Å². The Labute approximate surface area is 196 Å². The predicted molar refractivity (Wildman–Crippen MR) is 133 cm³/mol. The maximum atomic E-state index is 12.4. The number of aromatic nitrogens is 1. The monoisotopic (exact) mass is 452 g/mol. The van der Waals surface area contributed by atoms with Crippen molar-refractivity contribution in [3.8, 4) is 29.4 Å². The van der Waals surface area contributed by atoms with Crippen LogP contribution in [0.25, 0.3) is 11.3 Å². The van der Waals surface area contributed by atoms with Gasteiger partial charge in [-0.05, 0) is 54.1 Å². The van der Waals surface area contributed by atoms with Gasteiger partial charge in [-0.3, -0.25) is 4.79 Å². The van der Waals surface area contributed by atoms with Crippen LogP contribution in [0, 0.1) is 12.3 Å². The maximum Gasteiger partial charge on any atom is 0.271 e. The van der Waals surface area contributed by atoms with E-state index in [1.807, 2.05) is 60.0 Å². The van der Waals surface area contributed by atoms with Gasteiger partial charge in [0, 0.05) is 22.2 Å². The maximum absolute atomic E-state index is 12.4. The van der Waals surface area contributed by atoms with E-state index in [1.165, 1.54) is 11.3 Å². The van der Waals surface area contributed by atoms with Crippen LogP contribution in [0.4, 0.5) is 10.8 Å². The van der Waals surface area contributed by atoms with Gasteiger partial charge in [0.25, 0.3) is 5.91 Å². The van der Waals surface area contributed by atoms with Crippen LogP contribution in [-0.4, -0.2) is 23.7 Å². The van der Waals surface area contributed by atoms with E-state index in [0.29, 0.717) is 11.3 Å². The molecule has 0 bridgehead atoms. The number of hydrogen-bond donors (Lipinski definition) is 2. The number of hydrazone groups is 1. The van der Waals surface area contributed by atoms with Crippen molar-refractivity contribution in [1.29, 1.82) is 0 Å². The number of nitrogens with one attached hydrogen (secondary N) is 2. The number of rotatable bonds is 8. The summed E-state index contributed by atoms with van der Waals surface area (Å²) in [5, 5.41) is 10.1. The summed E-state index contributed by atoms with van der Waals surface area (Å²) in [7, 11) is 0. The molecule has 0 fully saturated rings. The van der Waals surface area contributed by atoms with Gasteiger partial charge in [0.1, 0.15) is 12.4 Å². The van der Waals surface area contributed by atoms with Gasteiger partial charge >= 0.3 is 0 Å². The fourth-order valence-electron chi connectivity index (χ4n) is 2.91. The van der Waals surface area contributed by atoms with Crippen molar-refractivity contribution < 1.29 is 9.53 Å². The Balaban J connectivity index is 1.33. The molecule has 2 N–H and O–H groups in total. The number of carbonyl (C=O) groups excluding carboxylic acids is 1. The fourth-order valence-corrected chi connectivity index (χ4v) is 3.65. The second kappa shape index (κ2) is 10.8. The van der Waals surface area contributed by atoms with Crippen molar-refractivity contribution in [1.82, 2.24) is 10.4 Å². The topological polar surface area (TPSA) is 75.6 Å². The van der Waals surface area contributed by atoms with Crippen LogP contribution in [0.15, 0.2) is 89.3 Å². The molecule has 0 atom stereocenters. The number of nitrogens with zero attached hydrogens (tertiary/aromatic N) is 2. The van der Waals surface area contributed by atoms with E-state index in [4.69, 9.17) is 11.2 Å². The van der Waals surface area contributed by atoms with Gasteiger partial charge < -0.3 is 10.1 Å². The Morgan fingerprint density at radius 3 is 2.55 bits per heavy atom. The largest absolute Gasteiger partial charge is 0.481 e. The Morgan fingerprint density at radius 1 is 1.06 bits per heavy atom. The molecule has 4 rings (SSSR count). The van der Waals surface area contributed by atoms with E-state index in [9.17, 15) is 4.79 Å². The van der Waals surface area contributed by atoms with E-state index in [2.05, 4.69) is 26.7 Å². The Kier molecular flexibility index (Phi) is 7.11. The van der Waals surface area contributed by atoms with Gasteiger partial charge in [0.2, 0.25) is 0 Å². The Morgan fingerprint density at radius 2 is 1.82 bits per heavy atom. The average Bonchev–Trinajstić information content (AvgIpc) is 3.32. The molecule has 0 radical (unpaired) electrons. The molecule has 0 aliphatic carbocycles. The van der Waals surface area contributed by atoms with Gasteiger partial charge in [0.15, 0.2) is 5.13 Å². The standard InChI is InChI=1S/C26H20N4O2S/c1-2-16-32-23-14-8-19(9-15-23)17-27-30-25(31)21-12-10-20(11-13-21)24-18-33-26(29-24)28-22-6-4-3-5-7-22/h1,3-15,17-18H,16H2,(H,28,29)(H,30,31)/b27-17-. The zero-order chi connectivity index (χ0) is 22.9. The van der Waals surface area contributed by atoms with Crippen LogP contribution >= 0.6 is 11.3 Å². The summed E-state index contributed by atoms with van der Waals surface area (Å²) in [6.45, 7) is 0.219. The van der Waals surface area contributed by atoms with E-state index in [1.54, 1.807) is 30.5 Å². The van der Waals surface area contributed by atoms with E-state index < -0.39 is 0 Å². The molecule has 0 aliphatic heterocycles. The lowest BCUT2D eigenvalue weighted by atomic mass is 10.1. The van der Waals surface area contributed by atoms with Crippen LogP contribution in [0.3, 0.4) is 0 Å². The zero-order valence-corrected chi connectivity index (χ0v) is 18.4. The molecule has 4 aromatic rings. The molecule has 0 unspecified atom stereocenters. The molecule has 0 aliphatic rings. The summed E-state index contributed by atoms with van der Waals surface area (Å²) >= 11 is 1.53. The number of benzene rings is 3. The molecular weight excluding hydrogens is 432 g/mol. The first-order valence-corrected chi connectivity index (χ1v) is 11.0.